The number of carbonyl (C=O) groups is 1. The molecule has 1 N–H and O–H groups in total. The molecule has 1 amide bonds. The van der Waals surface area contributed by atoms with Gasteiger partial charge < -0.3 is 20.0 Å². The van der Waals surface area contributed by atoms with Gasteiger partial charge in [0.05, 0.1) is 0 Å². The first-order chi connectivity index (χ1) is 9.08. The summed E-state index contributed by atoms with van der Waals surface area (Å²) in [5, 5.41) is 3.38. The second kappa shape index (κ2) is 6.68. The van der Waals surface area contributed by atoms with Crippen molar-refractivity contribution in [1.82, 2.24) is 20.0 Å². The summed E-state index contributed by atoms with van der Waals surface area (Å²) in [6, 6.07) is 0.748. The van der Waals surface area contributed by atoms with Crippen molar-refractivity contribution in [3.63, 3.8) is 0 Å². The summed E-state index contributed by atoms with van der Waals surface area (Å²) in [5.74, 6) is 0.292. The van der Waals surface area contributed by atoms with Crippen molar-refractivity contribution in [1.29, 1.82) is 0 Å². The Morgan fingerprint density at radius 2 is 2.16 bits per heavy atom. The fourth-order valence-electron chi connectivity index (χ4n) is 3.09. The normalized spacial score (nSPS) is 30.3. The fourth-order valence-corrected chi connectivity index (χ4v) is 3.09. The molecule has 0 radical (unpaired) electrons. The summed E-state index contributed by atoms with van der Waals surface area (Å²) >= 11 is 0. The van der Waals surface area contributed by atoms with Crippen molar-refractivity contribution in [3.8, 4) is 0 Å². The molecule has 2 heterocycles. The van der Waals surface area contributed by atoms with Crippen molar-refractivity contribution >= 4 is 5.91 Å². The molecule has 5 heteroatoms. The number of amides is 1. The van der Waals surface area contributed by atoms with Gasteiger partial charge in [-0.05, 0) is 33.5 Å². The highest BCUT2D eigenvalue weighted by Crippen LogP contribution is 2.15. The highest BCUT2D eigenvalue weighted by Gasteiger charge is 2.28. The molecule has 0 aromatic carbocycles. The summed E-state index contributed by atoms with van der Waals surface area (Å²) in [5.41, 5.74) is 0. The summed E-state index contributed by atoms with van der Waals surface area (Å²) in [6.45, 7) is 5.17. The summed E-state index contributed by atoms with van der Waals surface area (Å²) in [7, 11) is 6.24. The maximum Gasteiger partial charge on any atom is 0.224 e. The van der Waals surface area contributed by atoms with E-state index in [1.54, 1.807) is 0 Å². The molecule has 0 aromatic heterocycles. The van der Waals surface area contributed by atoms with Gasteiger partial charge in [-0.1, -0.05) is 0 Å². The van der Waals surface area contributed by atoms with Crippen molar-refractivity contribution < 1.29 is 4.79 Å². The van der Waals surface area contributed by atoms with E-state index in [2.05, 4.69) is 29.2 Å². The van der Waals surface area contributed by atoms with E-state index in [0.29, 0.717) is 24.4 Å². The molecular weight excluding hydrogens is 240 g/mol. The molecule has 2 aliphatic heterocycles. The van der Waals surface area contributed by atoms with Crippen LogP contribution in [0.1, 0.15) is 19.3 Å². The minimum atomic E-state index is 0.292. The van der Waals surface area contributed by atoms with Crippen LogP contribution in [0.15, 0.2) is 0 Å². The van der Waals surface area contributed by atoms with Crippen LogP contribution in [0.4, 0.5) is 0 Å². The van der Waals surface area contributed by atoms with Gasteiger partial charge in [0, 0.05) is 51.7 Å². The number of carbonyl (C=O) groups excluding carboxylic acids is 1. The second-order valence-electron chi connectivity index (χ2n) is 6.11. The highest BCUT2D eigenvalue weighted by atomic mass is 16.2. The largest absolute Gasteiger partial charge is 0.341 e. The summed E-state index contributed by atoms with van der Waals surface area (Å²) in [4.78, 5) is 19.0. The van der Waals surface area contributed by atoms with Crippen LogP contribution in [0.2, 0.25) is 0 Å². The molecule has 5 nitrogen and oxygen atoms in total. The Hall–Kier alpha value is -0.650. The molecular formula is C14H28N4O. The third-order valence-electron chi connectivity index (χ3n) is 4.60. The standard InChI is InChI=1S/C14H28N4O/c1-16-7-4-5-12(11-16)18(3)14(19)9-13-10-15-6-8-17(13)2/h12-13,15H,4-11H2,1-3H3. The number of likely N-dealkylation sites (tertiary alicyclic amines) is 1. The number of likely N-dealkylation sites (N-methyl/N-ethyl adjacent to an activating group) is 3. The molecule has 0 saturated carbocycles. The van der Waals surface area contributed by atoms with Crippen LogP contribution in [0.5, 0.6) is 0 Å². The van der Waals surface area contributed by atoms with Gasteiger partial charge in [0.25, 0.3) is 0 Å². The molecule has 2 unspecified atom stereocenters. The SMILES string of the molecule is CN1CCCC(N(C)C(=O)CC2CNCCN2C)C1. The van der Waals surface area contributed by atoms with Crippen molar-refractivity contribution in [2.45, 2.75) is 31.3 Å². The number of hydrogen-bond donors (Lipinski definition) is 1. The molecule has 2 saturated heterocycles. The zero-order valence-electron chi connectivity index (χ0n) is 12.6. The predicted molar refractivity (Wildman–Crippen MR) is 77.2 cm³/mol. The van der Waals surface area contributed by atoms with E-state index in [0.717, 1.165) is 39.1 Å². The lowest BCUT2D eigenvalue weighted by molar-refractivity contribution is -0.134. The van der Waals surface area contributed by atoms with Gasteiger partial charge in [-0.25, -0.2) is 0 Å². The molecule has 2 rings (SSSR count). The first kappa shape index (κ1) is 14.8. The Morgan fingerprint density at radius 1 is 1.37 bits per heavy atom. The maximum atomic E-state index is 12.4. The monoisotopic (exact) mass is 268 g/mol. The lowest BCUT2D eigenvalue weighted by Crippen LogP contribution is -2.53. The van der Waals surface area contributed by atoms with Gasteiger partial charge >= 0.3 is 0 Å². The van der Waals surface area contributed by atoms with Crippen LogP contribution in [0, 0.1) is 0 Å². The molecule has 2 fully saturated rings. The molecule has 2 atom stereocenters. The highest BCUT2D eigenvalue weighted by molar-refractivity contribution is 5.77. The molecule has 0 bridgehead atoms. The second-order valence-corrected chi connectivity index (χ2v) is 6.11. The number of rotatable bonds is 3. The number of nitrogens with one attached hydrogen (secondary N) is 1. The zero-order chi connectivity index (χ0) is 13.8. The predicted octanol–water partition coefficient (Wildman–Crippen LogP) is -0.167. The molecule has 0 aliphatic carbocycles. The van der Waals surface area contributed by atoms with Gasteiger partial charge in [-0.15, -0.1) is 0 Å². The number of hydrogen-bond acceptors (Lipinski definition) is 4. The lowest BCUT2D eigenvalue weighted by atomic mass is 10.0. The zero-order valence-corrected chi connectivity index (χ0v) is 12.6. The summed E-state index contributed by atoms with van der Waals surface area (Å²) in [6.07, 6.45) is 2.98. The topological polar surface area (TPSA) is 38.8 Å². The Labute approximate surface area is 116 Å². The molecule has 110 valence electrons. The Kier molecular flexibility index (Phi) is 5.19. The lowest BCUT2D eigenvalue weighted by Gasteiger charge is -2.38. The first-order valence-electron chi connectivity index (χ1n) is 7.43. The van der Waals surface area contributed by atoms with Gasteiger partial charge in [0.2, 0.25) is 5.91 Å². The fraction of sp³-hybridized carbons (Fsp3) is 0.929. The Bertz CT molecular complexity index is 310. The van der Waals surface area contributed by atoms with Crippen molar-refractivity contribution in [2.24, 2.45) is 0 Å². The summed E-state index contributed by atoms with van der Waals surface area (Å²) < 4.78 is 0. The minimum absolute atomic E-state index is 0.292. The van der Waals surface area contributed by atoms with E-state index < -0.39 is 0 Å². The smallest absolute Gasteiger partial charge is 0.224 e. The van der Waals surface area contributed by atoms with Crippen molar-refractivity contribution in [3.05, 3.63) is 0 Å². The number of nitrogens with zero attached hydrogens (tertiary/aromatic N) is 3. The Balaban J connectivity index is 1.84. The first-order valence-corrected chi connectivity index (χ1v) is 7.43. The van der Waals surface area contributed by atoms with E-state index in [-0.39, 0.29) is 0 Å². The molecule has 2 aliphatic rings. The van der Waals surface area contributed by atoms with Gasteiger partial charge in [-0.3, -0.25) is 4.79 Å². The van der Waals surface area contributed by atoms with Crippen LogP contribution in [0.25, 0.3) is 0 Å². The minimum Gasteiger partial charge on any atom is -0.341 e. The van der Waals surface area contributed by atoms with E-state index in [4.69, 9.17) is 0 Å². The average molecular weight is 268 g/mol. The number of piperazine rings is 1. The van der Waals surface area contributed by atoms with E-state index >= 15 is 0 Å². The van der Waals surface area contributed by atoms with Crippen LogP contribution in [-0.4, -0.2) is 86.6 Å². The van der Waals surface area contributed by atoms with Gasteiger partial charge in [-0.2, -0.15) is 0 Å². The van der Waals surface area contributed by atoms with E-state index in [9.17, 15) is 4.79 Å². The third kappa shape index (κ3) is 3.91. The van der Waals surface area contributed by atoms with E-state index in [1.165, 1.54) is 6.42 Å². The maximum absolute atomic E-state index is 12.4. The van der Waals surface area contributed by atoms with Crippen LogP contribution in [-0.2, 0) is 4.79 Å². The molecule has 0 aromatic rings. The molecule has 0 spiro atoms. The van der Waals surface area contributed by atoms with E-state index in [1.807, 2.05) is 11.9 Å². The van der Waals surface area contributed by atoms with Crippen molar-refractivity contribution in [2.75, 3.05) is 53.9 Å². The van der Waals surface area contributed by atoms with Gasteiger partial charge in [0.15, 0.2) is 0 Å². The van der Waals surface area contributed by atoms with Gasteiger partial charge in [0.1, 0.15) is 0 Å². The average Bonchev–Trinajstić information content (AvgIpc) is 2.40. The Morgan fingerprint density at radius 3 is 2.84 bits per heavy atom. The molecule has 19 heavy (non-hydrogen) atoms. The quantitative estimate of drug-likeness (QED) is 0.771. The van der Waals surface area contributed by atoms with Crippen LogP contribution >= 0.6 is 0 Å². The third-order valence-corrected chi connectivity index (χ3v) is 4.60. The van der Waals surface area contributed by atoms with Crippen LogP contribution in [0.3, 0.4) is 0 Å². The van der Waals surface area contributed by atoms with Crippen LogP contribution < -0.4 is 5.32 Å². The number of piperidine rings is 1.